The highest BCUT2D eigenvalue weighted by molar-refractivity contribution is 5.92. The van der Waals surface area contributed by atoms with E-state index in [1.165, 1.54) is 32.8 Å². The van der Waals surface area contributed by atoms with Crippen molar-refractivity contribution in [2.45, 2.75) is 98.2 Å². The number of alkyl halides is 6. The van der Waals surface area contributed by atoms with Crippen LogP contribution in [0.1, 0.15) is 79.0 Å². The summed E-state index contributed by atoms with van der Waals surface area (Å²) in [6.07, 6.45) is -8.52. The summed E-state index contributed by atoms with van der Waals surface area (Å²) >= 11 is 0. The molecule has 250 valence electrons. The Morgan fingerprint density at radius 1 is 0.886 bits per heavy atom. The zero-order valence-corrected chi connectivity index (χ0v) is 27.2. The molecule has 2 N–H and O–H groups in total. The van der Waals surface area contributed by atoms with E-state index in [1.807, 2.05) is 13.8 Å². The number of nitrogens with zero attached hydrogens (tertiary/aromatic N) is 1. The number of nitrogens with one attached hydrogen (secondary N) is 2. The molecule has 0 heterocycles. The number of rotatable bonds is 11. The van der Waals surface area contributed by atoms with Crippen LogP contribution in [0.3, 0.4) is 0 Å². The lowest BCUT2D eigenvalue weighted by Gasteiger charge is -2.40. The third-order valence-corrected chi connectivity index (χ3v) is 7.50. The summed E-state index contributed by atoms with van der Waals surface area (Å²) in [6.45, 7) is 14.9. The summed E-state index contributed by atoms with van der Waals surface area (Å²) in [5.74, 6) is -2.01. The Morgan fingerprint density at radius 2 is 1.34 bits per heavy atom. The second-order valence-electron chi connectivity index (χ2n) is 12.8. The average Bonchev–Trinajstić information content (AvgIpc) is 2.87. The van der Waals surface area contributed by atoms with Gasteiger partial charge < -0.3 is 20.3 Å². The minimum absolute atomic E-state index is 0.0292. The summed E-state index contributed by atoms with van der Waals surface area (Å²) < 4.78 is 86.5. The number of esters is 1. The predicted molar refractivity (Wildman–Crippen MR) is 155 cm³/mol. The Hall–Kier alpha value is -3.09. The van der Waals surface area contributed by atoms with Crippen LogP contribution in [0.15, 0.2) is 29.8 Å². The molecule has 0 unspecified atom stereocenters. The summed E-state index contributed by atoms with van der Waals surface area (Å²) in [5.41, 5.74) is -5.55. The van der Waals surface area contributed by atoms with Gasteiger partial charge in [-0.15, -0.1) is 0 Å². The lowest BCUT2D eigenvalue weighted by molar-refractivity contribution is -0.143. The fraction of sp³-hybridized carbons (Fsp3) is 0.645. The lowest BCUT2D eigenvalue weighted by Crippen LogP contribution is -2.61. The van der Waals surface area contributed by atoms with Crippen molar-refractivity contribution < 1.29 is 45.5 Å². The van der Waals surface area contributed by atoms with Gasteiger partial charge in [0.25, 0.3) is 0 Å². The molecule has 0 saturated carbocycles. The maximum Gasteiger partial charge on any atom is 0.416 e. The van der Waals surface area contributed by atoms with Crippen LogP contribution in [0.2, 0.25) is 0 Å². The van der Waals surface area contributed by atoms with Gasteiger partial charge in [-0.1, -0.05) is 54.5 Å². The first-order chi connectivity index (χ1) is 19.8. The highest BCUT2D eigenvalue weighted by Gasteiger charge is 2.44. The highest BCUT2D eigenvalue weighted by atomic mass is 19.4. The van der Waals surface area contributed by atoms with Crippen LogP contribution in [0.4, 0.5) is 26.3 Å². The van der Waals surface area contributed by atoms with Crippen molar-refractivity contribution in [1.29, 1.82) is 0 Å². The van der Waals surface area contributed by atoms with Gasteiger partial charge in [-0.25, -0.2) is 4.79 Å². The minimum Gasteiger partial charge on any atom is -0.463 e. The zero-order valence-electron chi connectivity index (χ0n) is 27.2. The average molecular weight is 638 g/mol. The molecule has 1 aromatic carbocycles. The number of carbonyl (C=O) groups excluding carboxylic acids is 3. The van der Waals surface area contributed by atoms with Gasteiger partial charge in [0, 0.05) is 18.0 Å². The Bertz CT molecular complexity index is 1180. The van der Waals surface area contributed by atoms with Crippen LogP contribution in [0.5, 0.6) is 0 Å². The monoisotopic (exact) mass is 637 g/mol. The van der Waals surface area contributed by atoms with Crippen LogP contribution < -0.4 is 10.6 Å². The van der Waals surface area contributed by atoms with E-state index in [0.29, 0.717) is 12.1 Å². The summed E-state index contributed by atoms with van der Waals surface area (Å²) in [6, 6.07) is -1.85. The quantitative estimate of drug-likeness (QED) is 0.174. The molecule has 0 aromatic heterocycles. The summed E-state index contributed by atoms with van der Waals surface area (Å²) in [5, 5.41) is 5.41. The summed E-state index contributed by atoms with van der Waals surface area (Å²) in [7, 11) is 2.87. The van der Waals surface area contributed by atoms with Crippen LogP contribution >= 0.6 is 0 Å². The van der Waals surface area contributed by atoms with Crippen molar-refractivity contribution in [3.8, 4) is 0 Å². The zero-order chi connectivity index (χ0) is 34.6. The molecule has 44 heavy (non-hydrogen) atoms. The van der Waals surface area contributed by atoms with Crippen molar-refractivity contribution in [2.75, 3.05) is 20.7 Å². The van der Waals surface area contributed by atoms with Crippen molar-refractivity contribution >= 4 is 17.8 Å². The fourth-order valence-corrected chi connectivity index (χ4v) is 4.86. The molecule has 1 rings (SSSR count). The maximum absolute atomic E-state index is 13.9. The molecule has 3 atom stereocenters. The molecule has 0 aliphatic heterocycles. The molecule has 1 aromatic rings. The second kappa shape index (κ2) is 14.3. The number of benzene rings is 1. The van der Waals surface area contributed by atoms with Gasteiger partial charge in [-0.2, -0.15) is 26.3 Å². The number of hydrogen-bond donors (Lipinski definition) is 2. The molecule has 0 bridgehead atoms. The van der Waals surface area contributed by atoms with E-state index >= 15 is 0 Å². The first-order valence-electron chi connectivity index (χ1n) is 14.2. The molecule has 0 aliphatic rings. The van der Waals surface area contributed by atoms with Gasteiger partial charge in [-0.3, -0.25) is 9.59 Å². The van der Waals surface area contributed by atoms with E-state index in [4.69, 9.17) is 4.74 Å². The number of carbonyl (C=O) groups is 3. The van der Waals surface area contributed by atoms with Crippen LogP contribution in [-0.4, -0.2) is 61.5 Å². The molecular weight excluding hydrogens is 592 g/mol. The fourth-order valence-electron chi connectivity index (χ4n) is 4.86. The van der Waals surface area contributed by atoms with Crippen LogP contribution in [0, 0.1) is 11.3 Å². The van der Waals surface area contributed by atoms with Gasteiger partial charge >= 0.3 is 18.3 Å². The minimum atomic E-state index is -5.06. The molecular formula is C31H45F6N3O4. The van der Waals surface area contributed by atoms with Crippen molar-refractivity contribution in [2.24, 2.45) is 11.3 Å². The predicted octanol–water partition coefficient (Wildman–Crippen LogP) is 6.11. The molecule has 0 aliphatic carbocycles. The molecule has 0 fully saturated rings. The Morgan fingerprint density at radius 3 is 1.70 bits per heavy atom. The Kier molecular flexibility index (Phi) is 12.7. The molecule has 7 nitrogen and oxygen atoms in total. The Labute approximate surface area is 255 Å². The first-order valence-corrected chi connectivity index (χ1v) is 14.2. The SMILES string of the molecule is CCOC(=O)/C(C)=C/[C@H](C(C)C)N(C)C(=O)[C@@H](NC(=O)[C@@H](NC)C(C)(C)c1cc(C(F)(F)F)cc(C(F)(F)F)c1)C(C)(C)C. The smallest absolute Gasteiger partial charge is 0.416 e. The standard InChI is InChI=1S/C31H45F6N3O4/c1-12-44-27(43)18(4)13-22(17(2)3)40(11)26(42)24(28(5,6)7)39-25(41)23(38-10)29(8,9)19-14-20(30(32,33)34)16-21(15-19)31(35,36)37/h13-17,22-24,38H,12H2,1-11H3,(H,39,41)/b18-13+/t22-,23-,24-/m1/s1. The summed E-state index contributed by atoms with van der Waals surface area (Å²) in [4.78, 5) is 41.2. The van der Waals surface area contributed by atoms with Crippen molar-refractivity contribution in [3.63, 3.8) is 0 Å². The van der Waals surface area contributed by atoms with Crippen LogP contribution in [-0.2, 0) is 36.9 Å². The number of hydrogen-bond acceptors (Lipinski definition) is 5. The molecule has 0 spiro atoms. The molecule has 0 saturated heterocycles. The third kappa shape index (κ3) is 9.70. The number of halogens is 6. The third-order valence-electron chi connectivity index (χ3n) is 7.50. The van der Waals surface area contributed by atoms with Crippen molar-refractivity contribution in [3.05, 3.63) is 46.5 Å². The highest BCUT2D eigenvalue weighted by Crippen LogP contribution is 2.40. The second-order valence-corrected chi connectivity index (χ2v) is 12.8. The van der Waals surface area contributed by atoms with E-state index in [9.17, 15) is 40.7 Å². The van der Waals surface area contributed by atoms with E-state index in [0.717, 1.165) is 0 Å². The van der Waals surface area contributed by atoms with E-state index in [1.54, 1.807) is 40.7 Å². The van der Waals surface area contributed by atoms with E-state index in [-0.39, 0.29) is 29.7 Å². The number of amides is 2. The number of likely N-dealkylation sites (N-methyl/N-ethyl adjacent to an activating group) is 2. The van der Waals surface area contributed by atoms with E-state index in [2.05, 4.69) is 10.6 Å². The number of ether oxygens (including phenoxy) is 1. The van der Waals surface area contributed by atoms with Gasteiger partial charge in [0.2, 0.25) is 11.8 Å². The molecule has 2 amide bonds. The lowest BCUT2D eigenvalue weighted by atomic mass is 9.75. The van der Waals surface area contributed by atoms with E-state index < -0.39 is 70.2 Å². The van der Waals surface area contributed by atoms with Crippen LogP contribution in [0.25, 0.3) is 0 Å². The Balaban J connectivity index is 3.56. The van der Waals surface area contributed by atoms with Gasteiger partial charge in [0.05, 0.1) is 29.8 Å². The van der Waals surface area contributed by atoms with Gasteiger partial charge in [0.1, 0.15) is 6.04 Å². The molecule has 0 radical (unpaired) electrons. The maximum atomic E-state index is 13.9. The van der Waals surface area contributed by atoms with Gasteiger partial charge in [-0.05, 0) is 56.0 Å². The molecule has 13 heteroatoms. The normalized spacial score (nSPS) is 15.5. The topological polar surface area (TPSA) is 87.7 Å². The largest absolute Gasteiger partial charge is 0.463 e. The van der Waals surface area contributed by atoms with Crippen molar-refractivity contribution in [1.82, 2.24) is 15.5 Å². The van der Waals surface area contributed by atoms with Gasteiger partial charge in [0.15, 0.2) is 0 Å². The first kappa shape index (κ1) is 38.9.